The number of hydrogen-bond donors (Lipinski definition) is 4. The van der Waals surface area contributed by atoms with Gasteiger partial charge in [0.05, 0.1) is 11.1 Å². The fourth-order valence-corrected chi connectivity index (χ4v) is 2.63. The topological polar surface area (TPSA) is 134 Å². The molecule has 0 aliphatic rings. The molecule has 0 fully saturated rings. The first-order valence-electron chi connectivity index (χ1n) is 7.93. The van der Waals surface area contributed by atoms with E-state index in [0.717, 1.165) is 12.1 Å². The van der Waals surface area contributed by atoms with Gasteiger partial charge in [-0.05, 0) is 30.3 Å². The van der Waals surface area contributed by atoms with Gasteiger partial charge in [0.1, 0.15) is 11.5 Å². The molecule has 0 saturated heterocycles. The van der Waals surface area contributed by atoms with Gasteiger partial charge in [-0.25, -0.2) is 10.5 Å². The quantitative estimate of drug-likeness (QED) is 0.290. The monoisotopic (exact) mass is 382 g/mol. The fraction of sp³-hybridized carbons (Fsp3) is 0. The number of hydrogen-bond acceptors (Lipinski definition) is 8. The number of phenolic OH excluding ortho intramolecular Hbond substituents is 2. The van der Waals surface area contributed by atoms with Crippen LogP contribution >= 0.6 is 0 Å². The molecule has 0 radical (unpaired) electrons. The standard InChI is InChI=1S/C20H14O8/c21-17-9-13(27-25)4-6-15(17)19(23)11-2-1-3-12(8-11)20(24)16-7-5-14(28-26)10-18(16)22/h1-10,21-22,25-26H. The molecule has 0 amide bonds. The summed E-state index contributed by atoms with van der Waals surface area (Å²) in [4.78, 5) is 33.3. The van der Waals surface area contributed by atoms with E-state index in [1.54, 1.807) is 0 Å². The summed E-state index contributed by atoms with van der Waals surface area (Å²) in [6.07, 6.45) is 0. The highest BCUT2D eigenvalue weighted by atomic mass is 17.1. The van der Waals surface area contributed by atoms with E-state index in [2.05, 4.69) is 9.78 Å². The molecule has 0 bridgehead atoms. The van der Waals surface area contributed by atoms with E-state index in [1.807, 2.05) is 0 Å². The summed E-state index contributed by atoms with van der Waals surface area (Å²) in [7, 11) is 0. The van der Waals surface area contributed by atoms with E-state index < -0.39 is 23.1 Å². The van der Waals surface area contributed by atoms with Crippen molar-refractivity contribution in [1.82, 2.24) is 0 Å². The van der Waals surface area contributed by atoms with Gasteiger partial charge in [-0.2, -0.15) is 0 Å². The Bertz CT molecular complexity index is 977. The summed E-state index contributed by atoms with van der Waals surface area (Å²) in [5, 5.41) is 37.1. The van der Waals surface area contributed by atoms with Crippen molar-refractivity contribution in [3.8, 4) is 23.0 Å². The average Bonchev–Trinajstić information content (AvgIpc) is 2.72. The Hall–Kier alpha value is -3.88. The van der Waals surface area contributed by atoms with Crippen LogP contribution < -0.4 is 9.78 Å². The lowest BCUT2D eigenvalue weighted by Gasteiger charge is -2.08. The lowest BCUT2D eigenvalue weighted by Crippen LogP contribution is -2.06. The Morgan fingerprint density at radius 1 is 0.643 bits per heavy atom. The highest BCUT2D eigenvalue weighted by molar-refractivity contribution is 6.14. The maximum atomic E-state index is 12.7. The Morgan fingerprint density at radius 3 is 1.43 bits per heavy atom. The third-order valence-electron chi connectivity index (χ3n) is 4.03. The van der Waals surface area contributed by atoms with E-state index in [4.69, 9.17) is 10.5 Å². The second-order valence-corrected chi connectivity index (χ2v) is 5.78. The summed E-state index contributed by atoms with van der Waals surface area (Å²) in [6.45, 7) is 0. The maximum absolute atomic E-state index is 12.7. The first kappa shape index (κ1) is 18.9. The summed E-state index contributed by atoms with van der Waals surface area (Å²) in [6, 6.07) is 13.1. The molecular weight excluding hydrogens is 368 g/mol. The number of ketones is 2. The number of phenols is 2. The second kappa shape index (κ2) is 7.78. The van der Waals surface area contributed by atoms with Crippen LogP contribution in [0.3, 0.4) is 0 Å². The molecule has 0 aliphatic heterocycles. The van der Waals surface area contributed by atoms with Gasteiger partial charge >= 0.3 is 0 Å². The number of carbonyl (C=O) groups is 2. The zero-order valence-corrected chi connectivity index (χ0v) is 14.2. The minimum atomic E-state index is -0.551. The molecule has 3 aromatic rings. The van der Waals surface area contributed by atoms with Crippen LogP contribution in [0.1, 0.15) is 31.8 Å². The molecule has 4 N–H and O–H groups in total. The molecule has 3 rings (SSSR count). The van der Waals surface area contributed by atoms with Crippen LogP contribution in [-0.2, 0) is 0 Å². The van der Waals surface area contributed by atoms with E-state index in [0.29, 0.717) is 0 Å². The smallest absolute Gasteiger partial charge is 0.196 e. The highest BCUT2D eigenvalue weighted by Gasteiger charge is 2.19. The molecule has 0 saturated carbocycles. The first-order valence-corrected chi connectivity index (χ1v) is 7.93. The number of rotatable bonds is 6. The SMILES string of the molecule is O=C(c1cccc(C(=O)c2ccc(OO)cc2O)c1)c1ccc(OO)cc1O. The third kappa shape index (κ3) is 3.63. The van der Waals surface area contributed by atoms with Crippen LogP contribution in [0.15, 0.2) is 60.7 Å². The lowest BCUT2D eigenvalue weighted by atomic mass is 9.96. The number of carbonyl (C=O) groups excluding carboxylic acids is 2. The van der Waals surface area contributed by atoms with Gasteiger partial charge in [0, 0.05) is 23.3 Å². The van der Waals surface area contributed by atoms with Crippen molar-refractivity contribution in [2.45, 2.75) is 0 Å². The summed E-state index contributed by atoms with van der Waals surface area (Å²) in [5.41, 5.74) is 0.178. The van der Waals surface area contributed by atoms with Gasteiger partial charge in [-0.1, -0.05) is 18.2 Å². The van der Waals surface area contributed by atoms with Gasteiger partial charge in [0.15, 0.2) is 23.1 Å². The molecule has 142 valence electrons. The average molecular weight is 382 g/mol. The van der Waals surface area contributed by atoms with Crippen LogP contribution in [0.25, 0.3) is 0 Å². The van der Waals surface area contributed by atoms with Crippen LogP contribution in [0.5, 0.6) is 23.0 Å². The van der Waals surface area contributed by atoms with Crippen molar-refractivity contribution in [2.24, 2.45) is 0 Å². The molecule has 3 aromatic carbocycles. The molecule has 0 aliphatic carbocycles. The normalized spacial score (nSPS) is 10.4. The zero-order valence-electron chi connectivity index (χ0n) is 14.2. The maximum Gasteiger partial charge on any atom is 0.196 e. The second-order valence-electron chi connectivity index (χ2n) is 5.78. The van der Waals surface area contributed by atoms with Crippen LogP contribution in [-0.4, -0.2) is 32.3 Å². The molecule has 0 aromatic heterocycles. The van der Waals surface area contributed by atoms with Crippen molar-refractivity contribution in [2.75, 3.05) is 0 Å². The summed E-state index contributed by atoms with van der Waals surface area (Å²) >= 11 is 0. The molecule has 0 atom stereocenters. The Balaban J connectivity index is 1.94. The molecular formula is C20H14O8. The van der Waals surface area contributed by atoms with E-state index in [9.17, 15) is 19.8 Å². The van der Waals surface area contributed by atoms with Gasteiger partial charge < -0.3 is 20.0 Å². The highest BCUT2D eigenvalue weighted by Crippen LogP contribution is 2.28. The number of benzene rings is 3. The Labute approximate surface area is 158 Å². The van der Waals surface area contributed by atoms with Crippen molar-refractivity contribution < 1.29 is 40.1 Å². The molecule has 0 spiro atoms. The van der Waals surface area contributed by atoms with Crippen molar-refractivity contribution >= 4 is 11.6 Å². The van der Waals surface area contributed by atoms with Gasteiger partial charge in [-0.3, -0.25) is 9.59 Å². The van der Waals surface area contributed by atoms with E-state index >= 15 is 0 Å². The molecule has 8 nitrogen and oxygen atoms in total. The van der Waals surface area contributed by atoms with Crippen LogP contribution in [0, 0.1) is 0 Å². The Kier molecular flexibility index (Phi) is 5.25. The first-order chi connectivity index (χ1) is 13.4. The van der Waals surface area contributed by atoms with Crippen molar-refractivity contribution in [3.63, 3.8) is 0 Å². The largest absolute Gasteiger partial charge is 0.507 e. The van der Waals surface area contributed by atoms with Crippen LogP contribution in [0.4, 0.5) is 0 Å². The summed E-state index contributed by atoms with van der Waals surface area (Å²) < 4.78 is 0. The minimum Gasteiger partial charge on any atom is -0.507 e. The molecule has 28 heavy (non-hydrogen) atoms. The number of aromatic hydroxyl groups is 2. The van der Waals surface area contributed by atoms with Crippen LogP contribution in [0.2, 0.25) is 0 Å². The van der Waals surface area contributed by atoms with E-state index in [-0.39, 0.29) is 33.8 Å². The zero-order chi connectivity index (χ0) is 20.3. The van der Waals surface area contributed by atoms with Crippen molar-refractivity contribution in [1.29, 1.82) is 0 Å². The molecule has 0 heterocycles. The van der Waals surface area contributed by atoms with Gasteiger partial charge in [-0.15, -0.1) is 0 Å². The third-order valence-corrected chi connectivity index (χ3v) is 4.03. The molecule has 8 heteroatoms. The lowest BCUT2D eigenvalue weighted by molar-refractivity contribution is -0.137. The predicted octanol–water partition coefficient (Wildman–Crippen LogP) is 3.26. The van der Waals surface area contributed by atoms with Crippen molar-refractivity contribution in [3.05, 3.63) is 82.9 Å². The molecule has 0 unspecified atom stereocenters. The Morgan fingerprint density at radius 2 is 1.07 bits per heavy atom. The van der Waals surface area contributed by atoms with Gasteiger partial charge in [0.25, 0.3) is 0 Å². The minimum absolute atomic E-state index is 0.0382. The summed E-state index contributed by atoms with van der Waals surface area (Å²) in [5.74, 6) is -1.97. The van der Waals surface area contributed by atoms with Gasteiger partial charge in [0.2, 0.25) is 0 Å². The predicted molar refractivity (Wildman–Crippen MR) is 96.0 cm³/mol. The fourth-order valence-electron chi connectivity index (χ4n) is 2.63. The van der Waals surface area contributed by atoms with E-state index in [1.165, 1.54) is 48.5 Å².